The van der Waals surface area contributed by atoms with Crippen molar-refractivity contribution in [2.45, 2.75) is 32.6 Å². The Morgan fingerprint density at radius 2 is 2.19 bits per heavy atom. The summed E-state index contributed by atoms with van der Waals surface area (Å²) >= 11 is 0. The summed E-state index contributed by atoms with van der Waals surface area (Å²) in [5, 5.41) is 2.53. The van der Waals surface area contributed by atoms with Crippen LogP contribution in [-0.2, 0) is 11.2 Å². The van der Waals surface area contributed by atoms with Crippen molar-refractivity contribution in [2.75, 3.05) is 11.4 Å². The Kier molecular flexibility index (Phi) is 5.14. The summed E-state index contributed by atoms with van der Waals surface area (Å²) in [7, 11) is 0. The van der Waals surface area contributed by atoms with Gasteiger partial charge in [-0.05, 0) is 37.3 Å². The van der Waals surface area contributed by atoms with Crippen LogP contribution in [0.1, 0.15) is 31.7 Å². The van der Waals surface area contributed by atoms with Gasteiger partial charge in [-0.25, -0.2) is 4.79 Å². The molecule has 1 aliphatic rings. The molecule has 0 aliphatic carbocycles. The zero-order valence-electron chi connectivity index (χ0n) is 12.5. The van der Waals surface area contributed by atoms with Gasteiger partial charge in [-0.3, -0.25) is 15.0 Å². The number of imide groups is 1. The third kappa shape index (κ3) is 3.51. The Morgan fingerprint density at radius 1 is 1.43 bits per heavy atom. The van der Waals surface area contributed by atoms with Crippen molar-refractivity contribution in [3.63, 3.8) is 0 Å². The number of aryl methyl sites for hydroxylation is 1. The van der Waals surface area contributed by atoms with Crippen LogP contribution in [0.5, 0.6) is 0 Å². The van der Waals surface area contributed by atoms with Crippen molar-refractivity contribution < 1.29 is 9.59 Å². The number of nitrogens with one attached hydrogen (secondary N) is 1. The van der Waals surface area contributed by atoms with Crippen molar-refractivity contribution in [3.05, 3.63) is 42.5 Å². The van der Waals surface area contributed by atoms with Gasteiger partial charge in [0.25, 0.3) is 0 Å². The maximum Gasteiger partial charge on any atom is 0.328 e. The molecule has 1 N–H and O–H groups in total. The van der Waals surface area contributed by atoms with Gasteiger partial charge < -0.3 is 0 Å². The van der Waals surface area contributed by atoms with E-state index in [1.165, 1.54) is 0 Å². The molecule has 1 aromatic rings. The minimum absolute atomic E-state index is 0.188. The summed E-state index contributed by atoms with van der Waals surface area (Å²) in [5.41, 5.74) is 2.07. The smallest absolute Gasteiger partial charge is 0.294 e. The Labute approximate surface area is 125 Å². The molecule has 4 nitrogen and oxygen atoms in total. The molecule has 0 spiro atoms. The number of rotatable bonds is 4. The monoisotopic (exact) mass is 286 g/mol. The molecule has 3 amide bonds. The normalized spacial score (nSPS) is 15.0. The number of para-hydroxylation sites is 1. The third-order valence-corrected chi connectivity index (χ3v) is 3.90. The van der Waals surface area contributed by atoms with E-state index >= 15 is 0 Å². The van der Waals surface area contributed by atoms with Crippen molar-refractivity contribution in [1.82, 2.24) is 5.32 Å². The van der Waals surface area contributed by atoms with Gasteiger partial charge in [0.2, 0.25) is 5.91 Å². The minimum atomic E-state index is -0.324. The van der Waals surface area contributed by atoms with Gasteiger partial charge in [-0.1, -0.05) is 31.2 Å². The van der Waals surface area contributed by atoms with Crippen LogP contribution in [0, 0.1) is 5.92 Å². The topological polar surface area (TPSA) is 49.4 Å². The van der Waals surface area contributed by atoms with Crippen LogP contribution in [0.15, 0.2) is 36.9 Å². The lowest BCUT2D eigenvalue weighted by atomic mass is 10.0. The van der Waals surface area contributed by atoms with Crippen LogP contribution < -0.4 is 10.2 Å². The fourth-order valence-electron chi connectivity index (χ4n) is 2.68. The van der Waals surface area contributed by atoms with Gasteiger partial charge >= 0.3 is 6.03 Å². The number of benzene rings is 1. The van der Waals surface area contributed by atoms with Gasteiger partial charge in [0, 0.05) is 18.2 Å². The Hall–Kier alpha value is -2.10. The number of fused-ring (bicyclic) bond motifs is 1. The van der Waals surface area contributed by atoms with Crippen LogP contribution in [0.25, 0.3) is 0 Å². The number of carbonyl (C=O) groups excluding carboxylic acids is 2. The maximum absolute atomic E-state index is 12.4. The second-order valence-corrected chi connectivity index (χ2v) is 5.31. The van der Waals surface area contributed by atoms with Crippen molar-refractivity contribution in [2.24, 2.45) is 5.92 Å². The van der Waals surface area contributed by atoms with Crippen molar-refractivity contribution in [1.29, 1.82) is 0 Å². The van der Waals surface area contributed by atoms with Crippen LogP contribution in [0.4, 0.5) is 10.5 Å². The molecular weight excluding hydrogens is 264 g/mol. The number of carbonyl (C=O) groups is 2. The summed E-state index contributed by atoms with van der Waals surface area (Å²) < 4.78 is 0. The summed E-state index contributed by atoms with van der Waals surface area (Å²) in [6.45, 7) is 6.24. The average molecular weight is 286 g/mol. The molecule has 1 aromatic carbocycles. The first-order valence-corrected chi connectivity index (χ1v) is 7.48. The quantitative estimate of drug-likeness (QED) is 0.864. The van der Waals surface area contributed by atoms with Crippen molar-refractivity contribution >= 4 is 17.6 Å². The first-order chi connectivity index (χ1) is 10.2. The zero-order valence-corrected chi connectivity index (χ0v) is 12.5. The minimum Gasteiger partial charge on any atom is -0.294 e. The van der Waals surface area contributed by atoms with E-state index in [1.807, 2.05) is 31.2 Å². The maximum atomic E-state index is 12.4. The SMILES string of the molecule is C=CC[C@H](CC)C(=O)NC(=O)N1CCCc2ccccc21. The number of urea groups is 1. The average Bonchev–Trinajstić information content (AvgIpc) is 2.51. The number of nitrogens with zero attached hydrogens (tertiary/aromatic N) is 1. The first-order valence-electron chi connectivity index (χ1n) is 7.48. The van der Waals surface area contributed by atoms with Gasteiger partial charge in [0.15, 0.2) is 0 Å². The molecule has 0 bridgehead atoms. The molecule has 1 aliphatic heterocycles. The fraction of sp³-hybridized carbons (Fsp3) is 0.412. The molecule has 21 heavy (non-hydrogen) atoms. The van der Waals surface area contributed by atoms with Gasteiger partial charge in [-0.2, -0.15) is 0 Å². The predicted octanol–water partition coefficient (Wildman–Crippen LogP) is 3.28. The largest absolute Gasteiger partial charge is 0.328 e. The second-order valence-electron chi connectivity index (χ2n) is 5.31. The zero-order chi connectivity index (χ0) is 15.2. The van der Waals surface area contributed by atoms with E-state index in [2.05, 4.69) is 11.9 Å². The first kappa shape index (κ1) is 15.3. The van der Waals surface area contributed by atoms with E-state index in [0.717, 1.165) is 24.1 Å². The standard InChI is InChI=1S/C17H22N2O2/c1-3-8-13(4-2)16(20)18-17(21)19-12-7-10-14-9-5-6-11-15(14)19/h3,5-6,9,11,13H,1,4,7-8,10,12H2,2H3,(H,18,20,21)/t13-/m0/s1. The lowest BCUT2D eigenvalue weighted by Crippen LogP contribution is -2.47. The molecule has 2 rings (SSSR count). The highest BCUT2D eigenvalue weighted by Crippen LogP contribution is 2.26. The number of hydrogen-bond acceptors (Lipinski definition) is 2. The van der Waals surface area contributed by atoms with Gasteiger partial charge in [0.1, 0.15) is 0 Å². The van der Waals surface area contributed by atoms with E-state index in [1.54, 1.807) is 11.0 Å². The van der Waals surface area contributed by atoms with E-state index in [-0.39, 0.29) is 17.9 Å². The number of anilines is 1. The Morgan fingerprint density at radius 3 is 2.90 bits per heavy atom. The molecule has 4 heteroatoms. The number of amides is 3. The lowest BCUT2D eigenvalue weighted by Gasteiger charge is -2.29. The highest BCUT2D eigenvalue weighted by Gasteiger charge is 2.25. The molecule has 0 saturated heterocycles. The summed E-state index contributed by atoms with van der Waals surface area (Å²) in [6, 6.07) is 7.53. The fourth-order valence-corrected chi connectivity index (χ4v) is 2.68. The molecule has 1 heterocycles. The van der Waals surface area contributed by atoms with Crippen LogP contribution in [0.3, 0.4) is 0 Å². The molecule has 112 valence electrons. The molecule has 0 unspecified atom stereocenters. The molecule has 0 aromatic heterocycles. The molecule has 0 fully saturated rings. The van der Waals surface area contributed by atoms with Crippen LogP contribution >= 0.6 is 0 Å². The molecule has 0 radical (unpaired) electrons. The summed E-state index contributed by atoms with van der Waals surface area (Å²) in [6.07, 6.45) is 4.90. The Balaban J connectivity index is 2.08. The predicted molar refractivity (Wildman–Crippen MR) is 84.2 cm³/mol. The number of allylic oxidation sites excluding steroid dienone is 1. The van der Waals surface area contributed by atoms with E-state index in [0.29, 0.717) is 19.4 Å². The van der Waals surface area contributed by atoms with Crippen LogP contribution in [-0.4, -0.2) is 18.5 Å². The van der Waals surface area contributed by atoms with Crippen molar-refractivity contribution in [3.8, 4) is 0 Å². The highest BCUT2D eigenvalue weighted by atomic mass is 16.2. The van der Waals surface area contributed by atoms with E-state index in [9.17, 15) is 9.59 Å². The second kappa shape index (κ2) is 7.07. The molecule has 0 saturated carbocycles. The van der Waals surface area contributed by atoms with E-state index in [4.69, 9.17) is 0 Å². The summed E-state index contributed by atoms with van der Waals surface area (Å²) in [4.78, 5) is 26.2. The van der Waals surface area contributed by atoms with Gasteiger partial charge in [-0.15, -0.1) is 6.58 Å². The van der Waals surface area contributed by atoms with E-state index < -0.39 is 0 Å². The highest BCUT2D eigenvalue weighted by molar-refractivity contribution is 6.03. The number of hydrogen-bond donors (Lipinski definition) is 1. The van der Waals surface area contributed by atoms with Crippen LogP contribution in [0.2, 0.25) is 0 Å². The third-order valence-electron chi connectivity index (χ3n) is 3.90. The Bertz CT molecular complexity index is 539. The molecular formula is C17H22N2O2. The van der Waals surface area contributed by atoms with Gasteiger partial charge in [0.05, 0.1) is 0 Å². The lowest BCUT2D eigenvalue weighted by molar-refractivity contribution is -0.123. The molecule has 1 atom stereocenters. The summed E-state index contributed by atoms with van der Waals surface area (Å²) in [5.74, 6) is -0.406.